The second kappa shape index (κ2) is 14.9. The van der Waals surface area contributed by atoms with E-state index in [1.165, 1.54) is 11.8 Å². The molecule has 0 aliphatic rings. The third-order valence-corrected chi connectivity index (χ3v) is 8.03. The summed E-state index contributed by atoms with van der Waals surface area (Å²) >= 11 is 10.8. The van der Waals surface area contributed by atoms with Gasteiger partial charge in [0, 0.05) is 26.4 Å². The van der Waals surface area contributed by atoms with Crippen LogP contribution in [-0.4, -0.2) is 32.1 Å². The van der Waals surface area contributed by atoms with Crippen molar-refractivity contribution in [3.8, 4) is 11.4 Å². The zero-order valence-corrected chi connectivity index (χ0v) is 26.3. The maximum Gasteiger partial charge on any atom is 0.253 e. The lowest BCUT2D eigenvalue weighted by Gasteiger charge is -2.13. The number of hydrogen-bond donors (Lipinski definition) is 2. The Morgan fingerprint density at radius 1 is 1.02 bits per heavy atom. The smallest absolute Gasteiger partial charge is 0.253 e. The van der Waals surface area contributed by atoms with Crippen molar-refractivity contribution in [2.45, 2.75) is 30.5 Å². The number of nitrogens with zero attached hydrogens (tertiary/aromatic N) is 4. The molecule has 8 nitrogen and oxygen atoms in total. The van der Waals surface area contributed by atoms with E-state index in [-0.39, 0.29) is 5.91 Å². The van der Waals surface area contributed by atoms with Gasteiger partial charge in [0.05, 0.1) is 18.0 Å². The molecule has 1 atom stereocenters. The number of para-hydroxylation sites is 2. The van der Waals surface area contributed by atoms with E-state index in [1.54, 1.807) is 13.1 Å². The lowest BCUT2D eigenvalue weighted by atomic mass is 10.2. The lowest BCUT2D eigenvalue weighted by Crippen LogP contribution is -2.27. The Hall–Kier alpha value is -4.12. The van der Waals surface area contributed by atoms with Crippen LogP contribution in [0.3, 0.4) is 0 Å². The van der Waals surface area contributed by atoms with Crippen molar-refractivity contribution in [1.29, 1.82) is 0 Å². The van der Waals surface area contributed by atoms with Crippen LogP contribution in [0.4, 0.5) is 5.69 Å². The zero-order chi connectivity index (χ0) is 30.0. The van der Waals surface area contributed by atoms with Gasteiger partial charge in [-0.1, -0.05) is 81.8 Å². The van der Waals surface area contributed by atoms with E-state index in [9.17, 15) is 4.79 Å². The molecular weight excluding hydrogens is 648 g/mol. The van der Waals surface area contributed by atoms with Crippen LogP contribution < -0.4 is 15.5 Å². The van der Waals surface area contributed by atoms with Crippen molar-refractivity contribution >= 4 is 57.1 Å². The number of carbonyl (C=O) groups excluding carboxylic acids is 1. The number of benzene rings is 4. The van der Waals surface area contributed by atoms with E-state index in [0.29, 0.717) is 34.9 Å². The first-order valence-electron chi connectivity index (χ1n) is 13.4. The van der Waals surface area contributed by atoms with Gasteiger partial charge < -0.3 is 10.1 Å². The van der Waals surface area contributed by atoms with Crippen LogP contribution in [0.1, 0.15) is 23.9 Å². The summed E-state index contributed by atoms with van der Waals surface area (Å²) in [5.74, 6) is 1.10. The highest BCUT2D eigenvalue weighted by molar-refractivity contribution is 9.10. The maximum atomic E-state index is 13.0. The Balaban J connectivity index is 1.23. The van der Waals surface area contributed by atoms with E-state index < -0.39 is 5.25 Å². The summed E-state index contributed by atoms with van der Waals surface area (Å²) in [6.45, 7) is 2.64. The molecule has 0 unspecified atom stereocenters. The number of hydrogen-bond acceptors (Lipinski definition) is 7. The first-order chi connectivity index (χ1) is 21.0. The van der Waals surface area contributed by atoms with Crippen LogP contribution in [-0.2, 0) is 17.9 Å². The SMILES string of the molecule is C[C@@H](Sc1nnc(CNc2ccc(Cl)cc2)n1-c1ccccc1)C(=O)N/N=C\c1ccccc1OCc1cccc(Br)c1. The van der Waals surface area contributed by atoms with E-state index in [4.69, 9.17) is 16.3 Å². The molecule has 2 N–H and O–H groups in total. The molecule has 4 aromatic carbocycles. The fourth-order valence-corrected chi connectivity index (χ4v) is 5.50. The van der Waals surface area contributed by atoms with Crippen molar-refractivity contribution in [3.05, 3.63) is 130 Å². The van der Waals surface area contributed by atoms with Crippen LogP contribution in [0.25, 0.3) is 5.69 Å². The number of amides is 1. The molecule has 0 spiro atoms. The number of anilines is 1. The molecule has 43 heavy (non-hydrogen) atoms. The van der Waals surface area contributed by atoms with Crippen molar-refractivity contribution in [2.75, 3.05) is 5.32 Å². The molecule has 0 saturated carbocycles. The molecule has 218 valence electrons. The van der Waals surface area contributed by atoms with Crippen molar-refractivity contribution in [2.24, 2.45) is 5.10 Å². The lowest BCUT2D eigenvalue weighted by molar-refractivity contribution is -0.120. The average Bonchev–Trinajstić information content (AvgIpc) is 3.42. The fraction of sp³-hybridized carbons (Fsp3) is 0.125. The topological polar surface area (TPSA) is 93.4 Å². The van der Waals surface area contributed by atoms with Crippen LogP contribution in [0, 0.1) is 0 Å². The highest BCUT2D eigenvalue weighted by Gasteiger charge is 2.21. The maximum absolute atomic E-state index is 13.0. The highest BCUT2D eigenvalue weighted by atomic mass is 79.9. The molecule has 0 saturated heterocycles. The molecule has 5 aromatic rings. The van der Waals surface area contributed by atoms with Crippen molar-refractivity contribution in [1.82, 2.24) is 20.2 Å². The van der Waals surface area contributed by atoms with E-state index in [1.807, 2.05) is 108 Å². The molecule has 0 bridgehead atoms. The Morgan fingerprint density at radius 2 is 1.79 bits per heavy atom. The van der Waals surface area contributed by atoms with Crippen LogP contribution in [0.2, 0.25) is 5.02 Å². The Morgan fingerprint density at radius 3 is 2.58 bits per heavy atom. The number of aromatic nitrogens is 3. The summed E-state index contributed by atoms with van der Waals surface area (Å²) in [5.41, 5.74) is 6.23. The Labute approximate surface area is 267 Å². The third-order valence-electron chi connectivity index (χ3n) is 6.24. The second-order valence-electron chi connectivity index (χ2n) is 9.38. The van der Waals surface area contributed by atoms with Crippen molar-refractivity contribution < 1.29 is 9.53 Å². The van der Waals surface area contributed by atoms with Gasteiger partial charge in [-0.15, -0.1) is 10.2 Å². The van der Waals surface area contributed by atoms with Gasteiger partial charge in [-0.3, -0.25) is 9.36 Å². The molecular formula is C32H28BrClN6O2S. The number of nitrogens with one attached hydrogen (secondary N) is 2. The summed E-state index contributed by atoms with van der Waals surface area (Å²) in [4.78, 5) is 13.0. The Kier molecular flexibility index (Phi) is 10.5. The van der Waals surface area contributed by atoms with Crippen LogP contribution in [0.15, 0.2) is 118 Å². The number of hydrazone groups is 1. The van der Waals surface area contributed by atoms with Gasteiger partial charge in [0.15, 0.2) is 11.0 Å². The summed E-state index contributed by atoms with van der Waals surface area (Å²) in [5, 5.41) is 17.2. The first-order valence-corrected chi connectivity index (χ1v) is 15.5. The van der Waals surface area contributed by atoms with Gasteiger partial charge in [-0.25, -0.2) is 5.43 Å². The summed E-state index contributed by atoms with van der Waals surface area (Å²) in [7, 11) is 0. The minimum absolute atomic E-state index is 0.266. The van der Waals surface area contributed by atoms with Gasteiger partial charge in [0.25, 0.3) is 5.91 Å². The largest absolute Gasteiger partial charge is 0.488 e. The molecule has 1 amide bonds. The van der Waals surface area contributed by atoms with Gasteiger partial charge >= 0.3 is 0 Å². The number of rotatable bonds is 12. The van der Waals surface area contributed by atoms with Crippen LogP contribution >= 0.6 is 39.3 Å². The van der Waals surface area contributed by atoms with Gasteiger partial charge in [-0.2, -0.15) is 5.10 Å². The monoisotopic (exact) mass is 674 g/mol. The fourth-order valence-electron chi connectivity index (χ4n) is 4.05. The summed E-state index contributed by atoms with van der Waals surface area (Å²) < 4.78 is 8.95. The number of carbonyl (C=O) groups is 1. The molecule has 5 rings (SSSR count). The zero-order valence-electron chi connectivity index (χ0n) is 23.2. The molecule has 0 fully saturated rings. The summed E-state index contributed by atoms with van der Waals surface area (Å²) in [6, 6.07) is 32.7. The quantitative estimate of drug-likeness (QED) is 0.0808. The minimum Gasteiger partial charge on any atom is -0.488 e. The van der Waals surface area contributed by atoms with E-state index in [2.05, 4.69) is 42.0 Å². The average molecular weight is 676 g/mol. The van der Waals surface area contributed by atoms with Gasteiger partial charge in [-0.05, 0) is 73.2 Å². The van der Waals surface area contributed by atoms with E-state index >= 15 is 0 Å². The standard InChI is InChI=1S/C32H28BrClN6O2S/c1-22(31(41)38-36-19-24-9-5-6-13-29(24)42-21-23-8-7-10-25(33)18-23)43-32-39-37-30(40(32)28-11-3-2-4-12-28)20-35-27-16-14-26(34)15-17-27/h2-19,22,35H,20-21H2,1H3,(H,38,41)/b36-19-/t22-/m1/s1. The second-order valence-corrected chi connectivity index (χ2v) is 12.0. The number of halogens is 2. The van der Waals surface area contributed by atoms with Crippen LogP contribution in [0.5, 0.6) is 5.75 Å². The molecule has 0 radical (unpaired) electrons. The normalized spacial score (nSPS) is 11.8. The first kappa shape index (κ1) is 30.3. The third kappa shape index (κ3) is 8.47. The van der Waals surface area contributed by atoms with Crippen molar-refractivity contribution in [3.63, 3.8) is 0 Å². The molecule has 0 aliphatic heterocycles. The predicted octanol–water partition coefficient (Wildman–Crippen LogP) is 7.51. The van der Waals surface area contributed by atoms with Gasteiger partial charge in [0.2, 0.25) is 0 Å². The molecule has 1 aromatic heterocycles. The predicted molar refractivity (Wildman–Crippen MR) is 176 cm³/mol. The van der Waals surface area contributed by atoms with Gasteiger partial charge in [0.1, 0.15) is 12.4 Å². The highest BCUT2D eigenvalue weighted by Crippen LogP contribution is 2.27. The molecule has 1 heterocycles. The Bertz CT molecular complexity index is 1700. The molecule has 0 aliphatic carbocycles. The summed E-state index contributed by atoms with van der Waals surface area (Å²) in [6.07, 6.45) is 1.58. The van der Waals surface area contributed by atoms with E-state index in [0.717, 1.165) is 27.0 Å². The number of thioether (sulfide) groups is 1. The number of ether oxygens (including phenoxy) is 1. The molecule has 11 heteroatoms. The minimum atomic E-state index is -0.496.